The summed E-state index contributed by atoms with van der Waals surface area (Å²) in [6, 6.07) is 6.10. The van der Waals surface area contributed by atoms with Crippen molar-refractivity contribution in [2.45, 2.75) is 10.4 Å². The molecule has 0 radical (unpaired) electrons. The van der Waals surface area contributed by atoms with E-state index in [1.165, 1.54) is 19.2 Å². The summed E-state index contributed by atoms with van der Waals surface area (Å²) in [7, 11) is -2.62. The van der Waals surface area contributed by atoms with Crippen molar-refractivity contribution in [3.63, 3.8) is 0 Å². The Hall–Kier alpha value is -2.15. The standard InChI is InChI=1S/C18H20F3N3O4S2/c1-23(30(26,27)17-3-2-10-29-17)12-16(25)22-14-11-13(18(19,20)21)4-5-15(14)24-6-8-28-9-7-24/h2-5,10-11H,6-9,12H2,1H3,(H,22,25). The fourth-order valence-corrected chi connectivity index (χ4v) is 5.26. The number of sulfonamides is 1. The van der Waals surface area contributed by atoms with Gasteiger partial charge < -0.3 is 15.0 Å². The molecule has 1 aromatic heterocycles. The van der Waals surface area contributed by atoms with Gasteiger partial charge in [-0.3, -0.25) is 4.79 Å². The number of nitrogens with zero attached hydrogens (tertiary/aromatic N) is 2. The van der Waals surface area contributed by atoms with Gasteiger partial charge in [-0.1, -0.05) is 6.07 Å². The first-order chi connectivity index (χ1) is 14.1. The monoisotopic (exact) mass is 463 g/mol. The highest BCUT2D eigenvalue weighted by Crippen LogP contribution is 2.35. The number of thiophene rings is 1. The lowest BCUT2D eigenvalue weighted by Crippen LogP contribution is -2.38. The van der Waals surface area contributed by atoms with E-state index in [0.717, 1.165) is 27.8 Å². The third kappa shape index (κ3) is 5.12. The molecule has 1 aliphatic heterocycles. The Morgan fingerprint density at radius 2 is 1.97 bits per heavy atom. The second kappa shape index (κ2) is 8.92. The number of ether oxygens (including phenoxy) is 1. The highest BCUT2D eigenvalue weighted by Gasteiger charge is 2.32. The van der Waals surface area contributed by atoms with Crippen molar-refractivity contribution in [3.05, 3.63) is 41.3 Å². The molecular formula is C18H20F3N3O4S2. The highest BCUT2D eigenvalue weighted by molar-refractivity contribution is 7.91. The van der Waals surface area contributed by atoms with E-state index in [4.69, 9.17) is 4.74 Å². The second-order valence-electron chi connectivity index (χ2n) is 6.57. The van der Waals surface area contributed by atoms with Crippen molar-refractivity contribution in [1.29, 1.82) is 0 Å². The summed E-state index contributed by atoms with van der Waals surface area (Å²) >= 11 is 1.01. The molecule has 0 spiro atoms. The first-order valence-electron chi connectivity index (χ1n) is 8.92. The third-order valence-electron chi connectivity index (χ3n) is 4.48. The van der Waals surface area contributed by atoms with Gasteiger partial charge in [-0.2, -0.15) is 17.5 Å². The van der Waals surface area contributed by atoms with Crippen LogP contribution in [0.2, 0.25) is 0 Å². The summed E-state index contributed by atoms with van der Waals surface area (Å²) in [4.78, 5) is 14.3. The Labute approximate surface area is 176 Å². The third-order valence-corrected chi connectivity index (χ3v) is 7.65. The zero-order chi connectivity index (χ0) is 21.9. The maximum absolute atomic E-state index is 13.2. The van der Waals surface area contributed by atoms with Crippen LogP contribution in [0.15, 0.2) is 39.9 Å². The minimum atomic E-state index is -4.58. The quantitative estimate of drug-likeness (QED) is 0.713. The molecule has 1 N–H and O–H groups in total. The Bertz CT molecular complexity index is 989. The van der Waals surface area contributed by atoms with Crippen molar-refractivity contribution in [2.24, 2.45) is 0 Å². The number of hydrogen-bond donors (Lipinski definition) is 1. The molecule has 1 fully saturated rings. The zero-order valence-corrected chi connectivity index (χ0v) is 17.6. The number of alkyl halides is 3. The van der Waals surface area contributed by atoms with E-state index >= 15 is 0 Å². The topological polar surface area (TPSA) is 79.0 Å². The predicted octanol–water partition coefficient (Wildman–Crippen LogP) is 2.86. The van der Waals surface area contributed by atoms with Gasteiger partial charge in [0.1, 0.15) is 4.21 Å². The molecule has 0 saturated carbocycles. The number of carbonyl (C=O) groups is 1. The van der Waals surface area contributed by atoms with Crippen LogP contribution >= 0.6 is 11.3 Å². The smallest absolute Gasteiger partial charge is 0.378 e. The molecule has 12 heteroatoms. The number of morpholine rings is 1. The maximum atomic E-state index is 13.2. The van der Waals surface area contributed by atoms with Crippen molar-refractivity contribution in [3.8, 4) is 0 Å². The molecule has 1 amide bonds. The normalized spacial score (nSPS) is 15.4. The van der Waals surface area contributed by atoms with E-state index in [9.17, 15) is 26.4 Å². The van der Waals surface area contributed by atoms with E-state index in [1.54, 1.807) is 11.4 Å². The molecule has 0 aliphatic carbocycles. The summed E-state index contributed by atoms with van der Waals surface area (Å²) < 4.78 is 70.6. The van der Waals surface area contributed by atoms with Crippen LogP contribution in [0.3, 0.4) is 0 Å². The van der Waals surface area contributed by atoms with Crippen LogP contribution in [-0.2, 0) is 25.7 Å². The number of amides is 1. The van der Waals surface area contributed by atoms with E-state index in [0.29, 0.717) is 32.0 Å². The molecule has 0 atom stereocenters. The molecule has 1 aromatic carbocycles. The average Bonchev–Trinajstić information content (AvgIpc) is 3.23. The maximum Gasteiger partial charge on any atom is 0.416 e. The number of nitrogens with one attached hydrogen (secondary N) is 1. The molecule has 1 saturated heterocycles. The van der Waals surface area contributed by atoms with Crippen molar-refractivity contribution in [2.75, 3.05) is 50.1 Å². The molecule has 7 nitrogen and oxygen atoms in total. The molecule has 30 heavy (non-hydrogen) atoms. The summed E-state index contributed by atoms with van der Waals surface area (Å²) in [6.07, 6.45) is -4.58. The van der Waals surface area contributed by atoms with Gasteiger partial charge in [0.05, 0.1) is 36.7 Å². The van der Waals surface area contributed by atoms with Gasteiger partial charge in [-0.15, -0.1) is 11.3 Å². The summed E-state index contributed by atoms with van der Waals surface area (Å²) in [5.74, 6) is -0.744. The van der Waals surface area contributed by atoms with E-state index < -0.39 is 34.2 Å². The van der Waals surface area contributed by atoms with Crippen molar-refractivity contribution < 1.29 is 31.1 Å². The van der Waals surface area contributed by atoms with E-state index in [1.807, 2.05) is 4.90 Å². The molecule has 0 unspecified atom stereocenters. The Balaban J connectivity index is 1.82. The average molecular weight is 464 g/mol. The van der Waals surface area contributed by atoms with Crippen LogP contribution in [-0.4, -0.2) is 58.5 Å². The fourth-order valence-electron chi connectivity index (χ4n) is 2.93. The Morgan fingerprint density at radius 1 is 1.27 bits per heavy atom. The minimum absolute atomic E-state index is 0.0290. The van der Waals surface area contributed by atoms with Gasteiger partial charge in [-0.25, -0.2) is 8.42 Å². The van der Waals surface area contributed by atoms with Crippen molar-refractivity contribution in [1.82, 2.24) is 4.31 Å². The molecule has 164 valence electrons. The lowest BCUT2D eigenvalue weighted by molar-refractivity contribution is -0.137. The van der Waals surface area contributed by atoms with Crippen molar-refractivity contribution >= 4 is 38.6 Å². The second-order valence-corrected chi connectivity index (χ2v) is 9.79. The van der Waals surface area contributed by atoms with Crippen LogP contribution < -0.4 is 10.2 Å². The molecule has 2 aromatic rings. The number of anilines is 2. The largest absolute Gasteiger partial charge is 0.416 e. The number of benzene rings is 1. The first-order valence-corrected chi connectivity index (χ1v) is 11.2. The van der Waals surface area contributed by atoms with E-state index in [2.05, 4.69) is 5.32 Å². The van der Waals surface area contributed by atoms with Gasteiger partial charge in [-0.05, 0) is 29.6 Å². The number of hydrogen-bond acceptors (Lipinski definition) is 6. The lowest BCUT2D eigenvalue weighted by atomic mass is 10.1. The Morgan fingerprint density at radius 3 is 2.57 bits per heavy atom. The first kappa shape index (κ1) is 22.5. The number of halogens is 3. The number of carbonyl (C=O) groups excluding carboxylic acids is 1. The van der Waals surface area contributed by atoms with Gasteiger partial charge in [0.25, 0.3) is 10.0 Å². The molecule has 2 heterocycles. The van der Waals surface area contributed by atoms with Crippen LogP contribution in [0.1, 0.15) is 5.56 Å². The minimum Gasteiger partial charge on any atom is -0.378 e. The van der Waals surface area contributed by atoms with Crippen LogP contribution in [0.5, 0.6) is 0 Å². The number of rotatable bonds is 6. The van der Waals surface area contributed by atoms with Gasteiger partial charge in [0.2, 0.25) is 5.91 Å². The van der Waals surface area contributed by atoms with Gasteiger partial charge in [0.15, 0.2) is 0 Å². The van der Waals surface area contributed by atoms with Crippen LogP contribution in [0.25, 0.3) is 0 Å². The fraction of sp³-hybridized carbons (Fsp3) is 0.389. The molecule has 1 aliphatic rings. The van der Waals surface area contributed by atoms with Gasteiger partial charge in [0, 0.05) is 20.1 Å². The molecule has 3 rings (SSSR count). The molecular weight excluding hydrogens is 443 g/mol. The van der Waals surface area contributed by atoms with Gasteiger partial charge >= 0.3 is 6.18 Å². The van der Waals surface area contributed by atoms with E-state index in [-0.39, 0.29) is 9.90 Å². The summed E-state index contributed by atoms with van der Waals surface area (Å²) in [5, 5.41) is 4.04. The highest BCUT2D eigenvalue weighted by atomic mass is 32.2. The zero-order valence-electron chi connectivity index (χ0n) is 16.0. The predicted molar refractivity (Wildman–Crippen MR) is 107 cm³/mol. The molecule has 0 bridgehead atoms. The Kier molecular flexibility index (Phi) is 6.70. The van der Waals surface area contributed by atoms with Crippen LogP contribution in [0.4, 0.5) is 24.5 Å². The van der Waals surface area contributed by atoms with Crippen LogP contribution in [0, 0.1) is 0 Å². The lowest BCUT2D eigenvalue weighted by Gasteiger charge is -2.31. The SMILES string of the molecule is CN(CC(=O)Nc1cc(C(F)(F)F)ccc1N1CCOCC1)S(=O)(=O)c1cccs1. The summed E-state index contributed by atoms with van der Waals surface area (Å²) in [5.41, 5.74) is -0.517. The number of likely N-dealkylation sites (N-methyl/N-ethyl adjacent to an activating group) is 1. The summed E-state index contributed by atoms with van der Waals surface area (Å²) in [6.45, 7) is 1.20.